The van der Waals surface area contributed by atoms with Gasteiger partial charge in [0, 0.05) is 13.1 Å². The van der Waals surface area contributed by atoms with Crippen LogP contribution in [0.5, 0.6) is 0 Å². The zero-order valence-corrected chi connectivity index (χ0v) is 18.8. The molecule has 1 saturated heterocycles. The molecule has 2 aromatic rings. The molecule has 2 N–H and O–H groups in total. The number of hydrogen-bond acceptors (Lipinski definition) is 5. The van der Waals surface area contributed by atoms with Crippen LogP contribution in [0.25, 0.3) is 0 Å². The van der Waals surface area contributed by atoms with E-state index in [0.717, 1.165) is 51.1 Å². The summed E-state index contributed by atoms with van der Waals surface area (Å²) in [5.41, 5.74) is 2.78. The number of aromatic nitrogens is 3. The average molecular weight is 443 g/mol. The van der Waals surface area contributed by atoms with Crippen molar-refractivity contribution in [2.24, 2.45) is 0 Å². The Morgan fingerprint density at radius 3 is 2.48 bits per heavy atom. The summed E-state index contributed by atoms with van der Waals surface area (Å²) in [5, 5.41) is 14.6. The van der Waals surface area contributed by atoms with Crippen LogP contribution >= 0.6 is 24.8 Å². The lowest BCUT2D eigenvalue weighted by molar-refractivity contribution is 0.0945. The summed E-state index contributed by atoms with van der Waals surface area (Å²) >= 11 is 0. The predicted molar refractivity (Wildman–Crippen MR) is 120 cm³/mol. The lowest BCUT2D eigenvalue weighted by Crippen LogP contribution is -2.29. The Labute approximate surface area is 185 Å². The van der Waals surface area contributed by atoms with E-state index in [0.29, 0.717) is 18.3 Å². The van der Waals surface area contributed by atoms with Crippen molar-refractivity contribution in [1.82, 2.24) is 30.5 Å². The lowest BCUT2D eigenvalue weighted by Gasteiger charge is -2.22. The molecule has 1 aliphatic heterocycles. The number of rotatable bonds is 8. The van der Waals surface area contributed by atoms with E-state index >= 15 is 0 Å². The molecule has 1 fully saturated rings. The zero-order valence-electron chi connectivity index (χ0n) is 17.1. The molecule has 1 aromatic carbocycles. The van der Waals surface area contributed by atoms with Gasteiger partial charge in [0.1, 0.15) is 0 Å². The molecule has 0 atom stereocenters. The van der Waals surface area contributed by atoms with Crippen LogP contribution in [0.1, 0.15) is 54.3 Å². The number of carbonyl (C=O) groups is 1. The summed E-state index contributed by atoms with van der Waals surface area (Å²) in [5.74, 6) is -0.173. The molecule has 9 heteroatoms. The maximum Gasteiger partial charge on any atom is 0.273 e. The van der Waals surface area contributed by atoms with Gasteiger partial charge in [0.25, 0.3) is 5.91 Å². The van der Waals surface area contributed by atoms with Crippen molar-refractivity contribution >= 4 is 30.7 Å². The minimum absolute atomic E-state index is 0. The van der Waals surface area contributed by atoms with E-state index in [1.54, 1.807) is 6.20 Å². The van der Waals surface area contributed by atoms with E-state index in [1.165, 1.54) is 5.56 Å². The number of nitrogens with zero attached hydrogens (tertiary/aromatic N) is 4. The second-order valence-electron chi connectivity index (χ2n) is 6.98. The van der Waals surface area contributed by atoms with Crippen LogP contribution in [0.15, 0.2) is 30.5 Å². The standard InChI is InChI=1S/C20H30N6O.2ClH/c1-3-25(4-2)14-17-8-6-5-7-16(17)13-22-20(27)19-15-26(24-23-19)18-9-11-21-12-10-18;;/h5-8,15,18,21H,3-4,9-14H2,1-2H3,(H,22,27);2*1H. The quantitative estimate of drug-likeness (QED) is 0.657. The Balaban J connectivity index is 0.00000210. The summed E-state index contributed by atoms with van der Waals surface area (Å²) in [4.78, 5) is 14.9. The lowest BCUT2D eigenvalue weighted by atomic mass is 10.1. The Kier molecular flexibility index (Phi) is 11.2. The minimum Gasteiger partial charge on any atom is -0.347 e. The fraction of sp³-hybridized carbons (Fsp3) is 0.550. The summed E-state index contributed by atoms with van der Waals surface area (Å²) in [7, 11) is 0. The highest BCUT2D eigenvalue weighted by Gasteiger charge is 2.18. The van der Waals surface area contributed by atoms with Crippen molar-refractivity contribution in [2.45, 2.75) is 45.8 Å². The fourth-order valence-corrected chi connectivity index (χ4v) is 3.47. The summed E-state index contributed by atoms with van der Waals surface area (Å²) in [6.07, 6.45) is 3.80. The van der Waals surface area contributed by atoms with Gasteiger partial charge in [0.2, 0.25) is 0 Å². The molecule has 29 heavy (non-hydrogen) atoms. The van der Waals surface area contributed by atoms with Crippen molar-refractivity contribution in [3.63, 3.8) is 0 Å². The highest BCUT2D eigenvalue weighted by Crippen LogP contribution is 2.17. The van der Waals surface area contributed by atoms with Gasteiger partial charge in [0.05, 0.1) is 12.2 Å². The summed E-state index contributed by atoms with van der Waals surface area (Å²) in [6.45, 7) is 9.71. The van der Waals surface area contributed by atoms with Gasteiger partial charge >= 0.3 is 0 Å². The van der Waals surface area contributed by atoms with Gasteiger partial charge in [-0.25, -0.2) is 4.68 Å². The van der Waals surface area contributed by atoms with Gasteiger partial charge in [-0.15, -0.1) is 29.9 Å². The largest absolute Gasteiger partial charge is 0.347 e. The SMILES string of the molecule is CCN(CC)Cc1ccccc1CNC(=O)c1cn(C2CCNCC2)nn1.Cl.Cl. The Hall–Kier alpha value is -1.67. The smallest absolute Gasteiger partial charge is 0.273 e. The maximum absolute atomic E-state index is 12.5. The van der Waals surface area contributed by atoms with E-state index in [-0.39, 0.29) is 30.7 Å². The van der Waals surface area contributed by atoms with E-state index < -0.39 is 0 Å². The highest BCUT2D eigenvalue weighted by molar-refractivity contribution is 5.91. The third kappa shape index (κ3) is 6.96. The molecule has 1 amide bonds. The molecule has 0 spiro atoms. The molecule has 3 rings (SSSR count). The predicted octanol–water partition coefficient (Wildman–Crippen LogP) is 2.82. The Bertz CT molecular complexity index is 744. The van der Waals surface area contributed by atoms with Crippen molar-refractivity contribution < 1.29 is 4.79 Å². The second kappa shape index (κ2) is 12.8. The molecular formula is C20H32Cl2N6O. The second-order valence-corrected chi connectivity index (χ2v) is 6.98. The molecule has 0 unspecified atom stereocenters. The Morgan fingerprint density at radius 2 is 1.83 bits per heavy atom. The number of benzene rings is 1. The Morgan fingerprint density at radius 1 is 1.17 bits per heavy atom. The third-order valence-electron chi connectivity index (χ3n) is 5.27. The van der Waals surface area contributed by atoms with E-state index in [4.69, 9.17) is 0 Å². The van der Waals surface area contributed by atoms with Crippen LogP contribution in [0, 0.1) is 0 Å². The monoisotopic (exact) mass is 442 g/mol. The molecule has 2 heterocycles. The number of halogens is 2. The first kappa shape index (κ1) is 25.4. The topological polar surface area (TPSA) is 75.1 Å². The molecule has 0 aliphatic carbocycles. The number of amides is 1. The first-order valence-corrected chi connectivity index (χ1v) is 9.91. The van der Waals surface area contributed by atoms with Crippen molar-refractivity contribution in [3.05, 3.63) is 47.3 Å². The molecule has 0 radical (unpaired) electrons. The van der Waals surface area contributed by atoms with E-state index in [1.807, 2.05) is 10.7 Å². The molecular weight excluding hydrogens is 411 g/mol. The zero-order chi connectivity index (χ0) is 19.1. The molecule has 162 valence electrons. The minimum atomic E-state index is -0.173. The number of hydrogen-bond donors (Lipinski definition) is 2. The van der Waals surface area contributed by atoms with E-state index in [2.05, 4.69) is 57.9 Å². The third-order valence-corrected chi connectivity index (χ3v) is 5.27. The van der Waals surface area contributed by atoms with Gasteiger partial charge in [-0.05, 0) is 50.1 Å². The van der Waals surface area contributed by atoms with Crippen LogP contribution in [-0.2, 0) is 13.1 Å². The molecule has 1 aromatic heterocycles. The first-order chi connectivity index (χ1) is 13.2. The van der Waals surface area contributed by atoms with Crippen molar-refractivity contribution in [1.29, 1.82) is 0 Å². The molecule has 0 saturated carbocycles. The molecule has 0 bridgehead atoms. The van der Waals surface area contributed by atoms with Gasteiger partial charge in [-0.1, -0.05) is 43.3 Å². The van der Waals surface area contributed by atoms with Crippen LogP contribution in [-0.4, -0.2) is 52.0 Å². The fourth-order valence-electron chi connectivity index (χ4n) is 3.47. The average Bonchev–Trinajstić information content (AvgIpc) is 3.22. The van der Waals surface area contributed by atoms with Crippen molar-refractivity contribution in [3.8, 4) is 0 Å². The van der Waals surface area contributed by atoms with E-state index in [9.17, 15) is 4.79 Å². The maximum atomic E-state index is 12.5. The van der Waals surface area contributed by atoms with Crippen LogP contribution < -0.4 is 10.6 Å². The first-order valence-electron chi connectivity index (χ1n) is 9.91. The van der Waals surface area contributed by atoms with Crippen LogP contribution in [0.3, 0.4) is 0 Å². The van der Waals surface area contributed by atoms with Gasteiger partial charge < -0.3 is 10.6 Å². The normalized spacial score (nSPS) is 14.2. The van der Waals surface area contributed by atoms with Crippen molar-refractivity contribution in [2.75, 3.05) is 26.2 Å². The number of carbonyl (C=O) groups excluding carboxylic acids is 1. The number of nitrogens with one attached hydrogen (secondary N) is 2. The highest BCUT2D eigenvalue weighted by atomic mass is 35.5. The molecule has 7 nitrogen and oxygen atoms in total. The summed E-state index contributed by atoms with van der Waals surface area (Å²) < 4.78 is 1.84. The van der Waals surface area contributed by atoms with Crippen LogP contribution in [0.2, 0.25) is 0 Å². The molecule has 1 aliphatic rings. The van der Waals surface area contributed by atoms with Crippen LogP contribution in [0.4, 0.5) is 0 Å². The van der Waals surface area contributed by atoms with Gasteiger partial charge in [-0.2, -0.15) is 0 Å². The number of piperidine rings is 1. The summed E-state index contributed by atoms with van der Waals surface area (Å²) in [6, 6.07) is 8.60. The van der Waals surface area contributed by atoms with Gasteiger partial charge in [0.15, 0.2) is 5.69 Å². The van der Waals surface area contributed by atoms with Gasteiger partial charge in [-0.3, -0.25) is 9.69 Å².